The van der Waals surface area contributed by atoms with Crippen LogP contribution >= 0.6 is 11.6 Å². The summed E-state index contributed by atoms with van der Waals surface area (Å²) in [6.45, 7) is 5.85. The molecule has 190 valence electrons. The van der Waals surface area contributed by atoms with E-state index in [4.69, 9.17) is 11.6 Å². The molecule has 0 fully saturated rings. The molecule has 1 heterocycles. The molecule has 0 aliphatic carbocycles. The van der Waals surface area contributed by atoms with E-state index in [1.54, 1.807) is 31.2 Å². The third-order valence-corrected chi connectivity index (χ3v) is 6.63. The van der Waals surface area contributed by atoms with Crippen LogP contribution < -0.4 is 10.6 Å². The topological polar surface area (TPSA) is 102 Å². The van der Waals surface area contributed by atoms with Gasteiger partial charge in [-0.1, -0.05) is 96.9 Å². The number of rotatable bonds is 9. The third-order valence-electron chi connectivity index (χ3n) is 6.30. The summed E-state index contributed by atoms with van der Waals surface area (Å²) in [7, 11) is 0. The largest absolute Gasteiger partial charge is 0.350 e. The summed E-state index contributed by atoms with van der Waals surface area (Å²) in [6.07, 6.45) is 0.393. The number of carbonyl (C=O) groups excluding carboxylic acids is 2. The molecule has 1 aromatic heterocycles. The summed E-state index contributed by atoms with van der Waals surface area (Å²) < 4.78 is 0. The van der Waals surface area contributed by atoms with Gasteiger partial charge in [0.2, 0.25) is 11.7 Å². The van der Waals surface area contributed by atoms with Crippen molar-refractivity contribution < 1.29 is 9.59 Å². The number of halogens is 1. The maximum Gasteiger partial charge on any atom is 0.254 e. The van der Waals surface area contributed by atoms with Crippen molar-refractivity contribution in [1.29, 1.82) is 0 Å². The standard InChI is InChI=1S/C28H29ClN6O2/c1-4-24(26(36)30-18-20-10-6-5-7-11-20)31-27(37)28(3,22-12-8-9-13-23(22)29)35-33-25(32-34-35)21-16-14-19(2)15-17-21/h5-17,24H,4,18H2,1-3H3,(H,30,36)(H,31,37). The van der Waals surface area contributed by atoms with Crippen LogP contribution in [0.2, 0.25) is 5.02 Å². The van der Waals surface area contributed by atoms with Gasteiger partial charge < -0.3 is 10.6 Å². The Morgan fingerprint density at radius 3 is 2.35 bits per heavy atom. The number of tetrazole rings is 1. The first-order valence-corrected chi connectivity index (χ1v) is 12.5. The molecule has 2 N–H and O–H groups in total. The van der Waals surface area contributed by atoms with Gasteiger partial charge in [0.15, 0.2) is 5.54 Å². The van der Waals surface area contributed by atoms with Crippen LogP contribution in [0, 0.1) is 6.92 Å². The van der Waals surface area contributed by atoms with Crippen molar-refractivity contribution >= 4 is 23.4 Å². The van der Waals surface area contributed by atoms with Gasteiger partial charge in [-0.15, -0.1) is 15.0 Å². The Bertz CT molecular complexity index is 1370. The van der Waals surface area contributed by atoms with Crippen LogP contribution in [0.3, 0.4) is 0 Å². The minimum atomic E-state index is -1.47. The van der Waals surface area contributed by atoms with Gasteiger partial charge in [-0.25, -0.2) is 0 Å². The molecule has 0 radical (unpaired) electrons. The van der Waals surface area contributed by atoms with Crippen LogP contribution in [0.4, 0.5) is 0 Å². The lowest BCUT2D eigenvalue weighted by atomic mass is 9.91. The van der Waals surface area contributed by atoms with Crippen LogP contribution in [0.15, 0.2) is 78.9 Å². The number of hydrogen-bond donors (Lipinski definition) is 2. The zero-order valence-electron chi connectivity index (χ0n) is 21.0. The van der Waals surface area contributed by atoms with Crippen molar-refractivity contribution in [3.05, 3.63) is 101 Å². The van der Waals surface area contributed by atoms with Crippen LogP contribution in [0.25, 0.3) is 11.4 Å². The van der Waals surface area contributed by atoms with Crippen molar-refractivity contribution in [3.63, 3.8) is 0 Å². The van der Waals surface area contributed by atoms with Crippen LogP contribution in [0.5, 0.6) is 0 Å². The van der Waals surface area contributed by atoms with Gasteiger partial charge in [-0.2, -0.15) is 0 Å². The van der Waals surface area contributed by atoms with Gasteiger partial charge in [0.25, 0.3) is 5.91 Å². The smallest absolute Gasteiger partial charge is 0.254 e. The number of aromatic nitrogens is 4. The third kappa shape index (κ3) is 5.70. The second kappa shape index (κ2) is 11.3. The van der Waals surface area contributed by atoms with Crippen molar-refractivity contribution in [2.45, 2.75) is 45.3 Å². The zero-order valence-corrected chi connectivity index (χ0v) is 21.7. The highest BCUT2D eigenvalue weighted by Gasteiger charge is 2.43. The second-order valence-electron chi connectivity index (χ2n) is 8.96. The summed E-state index contributed by atoms with van der Waals surface area (Å²) >= 11 is 6.55. The molecular formula is C28H29ClN6O2. The molecule has 4 aromatic rings. The van der Waals surface area contributed by atoms with Crippen molar-refractivity contribution in [1.82, 2.24) is 30.8 Å². The molecule has 4 rings (SSSR count). The first kappa shape index (κ1) is 26.0. The van der Waals surface area contributed by atoms with Crippen molar-refractivity contribution in [3.8, 4) is 11.4 Å². The van der Waals surface area contributed by atoms with Crippen molar-refractivity contribution in [2.75, 3.05) is 0 Å². The van der Waals surface area contributed by atoms with E-state index in [1.807, 2.05) is 68.4 Å². The first-order chi connectivity index (χ1) is 17.8. The normalized spacial score (nSPS) is 13.4. The van der Waals surface area contributed by atoms with Gasteiger partial charge in [-0.3, -0.25) is 9.59 Å². The van der Waals surface area contributed by atoms with Gasteiger partial charge >= 0.3 is 0 Å². The number of nitrogens with zero attached hydrogens (tertiary/aromatic N) is 4. The Morgan fingerprint density at radius 1 is 1.00 bits per heavy atom. The molecule has 8 nitrogen and oxygen atoms in total. The maximum absolute atomic E-state index is 13.9. The summed E-state index contributed by atoms with van der Waals surface area (Å²) in [5.41, 5.74) is 1.86. The quantitative estimate of drug-likeness (QED) is 0.346. The fourth-order valence-corrected chi connectivity index (χ4v) is 4.28. The van der Waals surface area contributed by atoms with Gasteiger partial charge in [-0.05, 0) is 37.1 Å². The van der Waals surface area contributed by atoms with Crippen LogP contribution in [-0.4, -0.2) is 38.1 Å². The molecule has 2 atom stereocenters. The van der Waals surface area contributed by atoms with Crippen molar-refractivity contribution in [2.24, 2.45) is 0 Å². The number of carbonyl (C=O) groups is 2. The average Bonchev–Trinajstić information content (AvgIpc) is 3.42. The molecule has 0 saturated heterocycles. The van der Waals surface area contributed by atoms with E-state index in [2.05, 4.69) is 26.0 Å². The van der Waals surface area contributed by atoms with Gasteiger partial charge in [0, 0.05) is 22.7 Å². The highest BCUT2D eigenvalue weighted by Crippen LogP contribution is 2.32. The predicted octanol–water partition coefficient (Wildman–Crippen LogP) is 4.28. The lowest BCUT2D eigenvalue weighted by Gasteiger charge is -2.30. The maximum atomic E-state index is 13.9. The minimum absolute atomic E-state index is 0.284. The zero-order chi connectivity index (χ0) is 26.4. The Labute approximate surface area is 221 Å². The van der Waals surface area contributed by atoms with Crippen LogP contribution in [-0.2, 0) is 21.7 Å². The molecule has 0 saturated carbocycles. The molecule has 0 spiro atoms. The molecule has 2 unspecified atom stereocenters. The molecule has 2 amide bonds. The average molecular weight is 517 g/mol. The molecule has 0 aliphatic heterocycles. The Balaban J connectivity index is 1.63. The van der Waals surface area contributed by atoms with Crippen LogP contribution in [0.1, 0.15) is 37.0 Å². The number of aryl methyl sites for hydroxylation is 1. The highest BCUT2D eigenvalue weighted by atomic mass is 35.5. The summed E-state index contributed by atoms with van der Waals surface area (Å²) in [4.78, 5) is 28.1. The second-order valence-corrected chi connectivity index (χ2v) is 9.37. The molecule has 9 heteroatoms. The van der Waals surface area contributed by atoms with E-state index in [9.17, 15) is 9.59 Å². The lowest BCUT2D eigenvalue weighted by molar-refractivity contribution is -0.133. The van der Waals surface area contributed by atoms with Gasteiger partial charge in [0.05, 0.1) is 0 Å². The monoisotopic (exact) mass is 516 g/mol. The Kier molecular flexibility index (Phi) is 7.98. The van der Waals surface area contributed by atoms with E-state index < -0.39 is 17.5 Å². The highest BCUT2D eigenvalue weighted by molar-refractivity contribution is 6.31. The summed E-state index contributed by atoms with van der Waals surface area (Å²) in [5, 5.41) is 19.1. The summed E-state index contributed by atoms with van der Waals surface area (Å²) in [6, 6.07) is 23.5. The first-order valence-electron chi connectivity index (χ1n) is 12.1. The number of benzene rings is 3. The fourth-order valence-electron chi connectivity index (χ4n) is 3.96. The Hall–Kier alpha value is -4.04. The van der Waals surface area contributed by atoms with Gasteiger partial charge in [0.1, 0.15) is 6.04 Å². The van der Waals surface area contributed by atoms with E-state index in [0.717, 1.165) is 16.7 Å². The fraction of sp³-hybridized carbons (Fsp3) is 0.250. The lowest BCUT2D eigenvalue weighted by Crippen LogP contribution is -2.55. The molecule has 37 heavy (non-hydrogen) atoms. The Morgan fingerprint density at radius 2 is 1.68 bits per heavy atom. The van der Waals surface area contributed by atoms with E-state index in [-0.39, 0.29) is 5.91 Å². The summed E-state index contributed by atoms with van der Waals surface area (Å²) in [5.74, 6) is -0.387. The molecule has 0 aliphatic rings. The predicted molar refractivity (Wildman–Crippen MR) is 143 cm³/mol. The van der Waals surface area contributed by atoms with E-state index in [1.165, 1.54) is 4.80 Å². The minimum Gasteiger partial charge on any atom is -0.350 e. The molecular weight excluding hydrogens is 488 g/mol. The van der Waals surface area contributed by atoms with E-state index >= 15 is 0 Å². The number of hydrogen-bond acceptors (Lipinski definition) is 5. The molecule has 3 aromatic carbocycles. The SMILES string of the molecule is CCC(NC(=O)C(C)(c1ccccc1Cl)n1nnc(-c2ccc(C)cc2)n1)C(=O)NCc1ccccc1. The number of nitrogens with one attached hydrogen (secondary N) is 2. The van der Waals surface area contributed by atoms with E-state index in [0.29, 0.717) is 29.4 Å². The number of amides is 2. The molecule has 0 bridgehead atoms.